The number of carbonyl (C=O) groups excluding carboxylic acids is 2. The first-order valence-corrected chi connectivity index (χ1v) is 7.98. The van der Waals surface area contributed by atoms with E-state index in [2.05, 4.69) is 10.6 Å². The van der Waals surface area contributed by atoms with Gasteiger partial charge in [0.15, 0.2) is 0 Å². The summed E-state index contributed by atoms with van der Waals surface area (Å²) in [4.78, 5) is 23.5. The molecule has 136 valence electrons. The Bertz CT molecular complexity index is 547. The maximum Gasteiger partial charge on any atom is 0.312 e. The topological polar surface area (TPSA) is 110 Å². The van der Waals surface area contributed by atoms with Crippen LogP contribution in [0.2, 0.25) is 0 Å². The highest BCUT2D eigenvalue weighted by Gasteiger charge is 2.23. The number of rotatable bonds is 8. The lowest BCUT2D eigenvalue weighted by molar-refractivity contribution is -0.121. The number of halogens is 1. The summed E-state index contributed by atoms with van der Waals surface area (Å²) < 4.78 is 0. The van der Waals surface area contributed by atoms with Crippen LogP contribution >= 0.6 is 12.4 Å². The molecule has 0 aliphatic rings. The van der Waals surface area contributed by atoms with Gasteiger partial charge in [0, 0.05) is 12.1 Å². The maximum absolute atomic E-state index is 12.2. The quantitative estimate of drug-likeness (QED) is 0.572. The van der Waals surface area contributed by atoms with Gasteiger partial charge in [0.25, 0.3) is 0 Å². The molecule has 24 heavy (non-hydrogen) atoms. The normalized spacial score (nSPS) is 12.0. The number of urea groups is 1. The molecule has 3 amide bonds. The number of aryl methyl sites for hydroxylation is 1. The monoisotopic (exact) mass is 356 g/mol. The van der Waals surface area contributed by atoms with Crippen molar-refractivity contribution >= 4 is 24.3 Å². The molecule has 0 saturated carbocycles. The Morgan fingerprint density at radius 1 is 1.21 bits per heavy atom. The minimum atomic E-state index is -0.652. The van der Waals surface area contributed by atoms with Crippen molar-refractivity contribution in [2.75, 3.05) is 6.54 Å². The van der Waals surface area contributed by atoms with Crippen molar-refractivity contribution in [2.24, 2.45) is 11.5 Å². The van der Waals surface area contributed by atoms with E-state index in [-0.39, 0.29) is 24.7 Å². The van der Waals surface area contributed by atoms with Crippen LogP contribution in [0, 0.1) is 6.92 Å². The minimum absolute atomic E-state index is 0. The fraction of sp³-hybridized carbons (Fsp3) is 0.529. The molecule has 0 spiro atoms. The Kier molecular flexibility index (Phi) is 9.40. The maximum atomic E-state index is 12.2. The molecule has 1 aromatic rings. The van der Waals surface area contributed by atoms with Crippen LogP contribution in [-0.4, -0.2) is 24.0 Å². The third-order valence-corrected chi connectivity index (χ3v) is 4.32. The molecule has 1 unspecified atom stereocenters. The van der Waals surface area contributed by atoms with E-state index in [4.69, 9.17) is 11.5 Å². The summed E-state index contributed by atoms with van der Waals surface area (Å²) in [5.74, 6) is -0.163. The molecule has 0 fully saturated rings. The van der Waals surface area contributed by atoms with Crippen molar-refractivity contribution in [1.29, 1.82) is 0 Å². The molecule has 0 aliphatic carbocycles. The van der Waals surface area contributed by atoms with E-state index in [9.17, 15) is 9.59 Å². The fourth-order valence-corrected chi connectivity index (χ4v) is 2.42. The van der Waals surface area contributed by atoms with Crippen molar-refractivity contribution in [3.63, 3.8) is 0 Å². The van der Waals surface area contributed by atoms with Crippen LogP contribution < -0.4 is 22.1 Å². The van der Waals surface area contributed by atoms with Gasteiger partial charge in [0.1, 0.15) is 0 Å². The Morgan fingerprint density at radius 2 is 1.79 bits per heavy atom. The van der Waals surface area contributed by atoms with Gasteiger partial charge in [0.05, 0.1) is 12.5 Å². The summed E-state index contributed by atoms with van der Waals surface area (Å²) in [5.41, 5.74) is 12.9. The van der Waals surface area contributed by atoms with Crippen LogP contribution in [-0.2, 0) is 4.79 Å². The second-order valence-corrected chi connectivity index (χ2v) is 5.97. The Hall–Kier alpha value is -1.79. The summed E-state index contributed by atoms with van der Waals surface area (Å²) in [6, 6.07) is 6.49. The highest BCUT2D eigenvalue weighted by Crippen LogP contribution is 2.20. The lowest BCUT2D eigenvalue weighted by Gasteiger charge is -2.27. The van der Waals surface area contributed by atoms with Crippen LogP contribution in [0.1, 0.15) is 50.3 Å². The molecular formula is C17H29ClN4O2. The first kappa shape index (κ1) is 22.2. The first-order chi connectivity index (χ1) is 10.8. The van der Waals surface area contributed by atoms with E-state index in [1.807, 2.05) is 45.0 Å². The lowest BCUT2D eigenvalue weighted by atomic mass is 9.94. The largest absolute Gasteiger partial charge is 0.354 e. The molecule has 0 heterocycles. The van der Waals surface area contributed by atoms with E-state index in [0.717, 1.165) is 24.0 Å². The number of carbonyl (C=O) groups is 2. The smallest absolute Gasteiger partial charge is 0.312 e. The lowest BCUT2D eigenvalue weighted by Crippen LogP contribution is -2.49. The zero-order valence-corrected chi connectivity index (χ0v) is 15.4. The molecule has 0 bridgehead atoms. The van der Waals surface area contributed by atoms with Gasteiger partial charge in [-0.3, -0.25) is 4.79 Å². The van der Waals surface area contributed by atoms with Crippen molar-refractivity contribution in [3.8, 4) is 0 Å². The van der Waals surface area contributed by atoms with Crippen LogP contribution in [0.25, 0.3) is 0 Å². The predicted molar refractivity (Wildman–Crippen MR) is 99.0 cm³/mol. The Morgan fingerprint density at radius 3 is 2.29 bits per heavy atom. The third-order valence-electron chi connectivity index (χ3n) is 4.32. The van der Waals surface area contributed by atoms with Gasteiger partial charge < -0.3 is 22.1 Å². The number of nitrogens with two attached hydrogens (primary N) is 2. The molecule has 0 aliphatic heterocycles. The van der Waals surface area contributed by atoms with Crippen molar-refractivity contribution in [2.45, 2.75) is 51.6 Å². The minimum Gasteiger partial charge on any atom is -0.354 e. The van der Waals surface area contributed by atoms with Gasteiger partial charge in [-0.05, 0) is 30.9 Å². The standard InChI is InChI=1S/C17H28N4O2.ClH/c1-4-17(19,5-2)11-20-15(22)10-14(21-16(18)23)13-9-7-6-8-12(13)3;/h6-9,14H,4-5,10-11,19H2,1-3H3,(H,20,22)(H3,18,21,23);1H. The van der Waals surface area contributed by atoms with Crippen LogP contribution in [0.4, 0.5) is 4.79 Å². The second kappa shape index (κ2) is 10.2. The van der Waals surface area contributed by atoms with Crippen LogP contribution in [0.5, 0.6) is 0 Å². The van der Waals surface area contributed by atoms with Crippen molar-refractivity contribution in [3.05, 3.63) is 35.4 Å². The molecule has 6 nitrogen and oxygen atoms in total. The summed E-state index contributed by atoms with van der Waals surface area (Å²) in [6.45, 7) is 6.35. The van der Waals surface area contributed by atoms with Gasteiger partial charge >= 0.3 is 6.03 Å². The molecule has 1 atom stereocenters. The molecule has 0 aromatic heterocycles. The van der Waals surface area contributed by atoms with Gasteiger partial charge in [-0.25, -0.2) is 4.79 Å². The van der Waals surface area contributed by atoms with Crippen LogP contribution in [0.3, 0.4) is 0 Å². The molecule has 7 heteroatoms. The molecule has 0 saturated heterocycles. The van der Waals surface area contributed by atoms with Gasteiger partial charge in [-0.1, -0.05) is 38.1 Å². The Labute approximate surface area is 150 Å². The highest BCUT2D eigenvalue weighted by atomic mass is 35.5. The highest BCUT2D eigenvalue weighted by molar-refractivity contribution is 5.85. The predicted octanol–water partition coefficient (Wildman–Crippen LogP) is 2.15. The summed E-state index contributed by atoms with van der Waals surface area (Å²) in [7, 11) is 0. The number of nitrogens with one attached hydrogen (secondary N) is 2. The summed E-state index contributed by atoms with van der Waals surface area (Å²) in [6.07, 6.45) is 1.69. The molecule has 1 rings (SSSR count). The average molecular weight is 357 g/mol. The second-order valence-electron chi connectivity index (χ2n) is 5.97. The molecule has 1 aromatic carbocycles. The van der Waals surface area contributed by atoms with Gasteiger partial charge in [0.2, 0.25) is 5.91 Å². The van der Waals surface area contributed by atoms with E-state index in [1.165, 1.54) is 0 Å². The fourth-order valence-electron chi connectivity index (χ4n) is 2.42. The van der Waals surface area contributed by atoms with Gasteiger partial charge in [-0.2, -0.15) is 0 Å². The number of benzene rings is 1. The zero-order chi connectivity index (χ0) is 17.5. The van der Waals surface area contributed by atoms with Crippen molar-refractivity contribution < 1.29 is 9.59 Å². The zero-order valence-electron chi connectivity index (χ0n) is 14.6. The van der Waals surface area contributed by atoms with E-state index < -0.39 is 17.6 Å². The van der Waals surface area contributed by atoms with Crippen LogP contribution in [0.15, 0.2) is 24.3 Å². The number of hydrogen-bond acceptors (Lipinski definition) is 3. The molecular weight excluding hydrogens is 328 g/mol. The van der Waals surface area contributed by atoms with Gasteiger partial charge in [-0.15, -0.1) is 12.4 Å². The summed E-state index contributed by atoms with van der Waals surface area (Å²) >= 11 is 0. The first-order valence-electron chi connectivity index (χ1n) is 7.98. The summed E-state index contributed by atoms with van der Waals surface area (Å²) in [5, 5.41) is 5.50. The Balaban J connectivity index is 0.00000529. The van der Waals surface area contributed by atoms with E-state index in [1.54, 1.807) is 0 Å². The number of hydrogen-bond donors (Lipinski definition) is 4. The third kappa shape index (κ3) is 6.76. The molecule has 6 N–H and O–H groups in total. The number of amides is 3. The van der Waals surface area contributed by atoms with E-state index >= 15 is 0 Å². The average Bonchev–Trinajstić information content (AvgIpc) is 2.52. The SMILES string of the molecule is CCC(N)(CC)CNC(=O)CC(NC(N)=O)c1ccccc1C.Cl. The van der Waals surface area contributed by atoms with Crippen molar-refractivity contribution in [1.82, 2.24) is 10.6 Å². The number of primary amides is 1. The van der Waals surface area contributed by atoms with E-state index in [0.29, 0.717) is 6.54 Å². The molecule has 0 radical (unpaired) electrons.